The third-order valence-electron chi connectivity index (χ3n) is 2.76. The summed E-state index contributed by atoms with van der Waals surface area (Å²) in [5.41, 5.74) is -2.72. The van der Waals surface area contributed by atoms with Gasteiger partial charge in [-0.05, 0) is 6.07 Å². The van der Waals surface area contributed by atoms with Gasteiger partial charge < -0.3 is 9.97 Å². The Morgan fingerprint density at radius 1 is 1.10 bits per heavy atom. The average Bonchev–Trinajstić information content (AvgIpc) is 2.38. The highest BCUT2D eigenvalue weighted by Crippen LogP contribution is 2.28. The predicted molar refractivity (Wildman–Crippen MR) is 72.7 cm³/mol. The largest absolute Gasteiger partial charge is 0.316 e. The van der Waals surface area contributed by atoms with Crippen LogP contribution in [0.15, 0.2) is 26.6 Å². The molecule has 0 aliphatic heterocycles. The van der Waals surface area contributed by atoms with Gasteiger partial charge in [-0.1, -0.05) is 0 Å². The summed E-state index contributed by atoms with van der Waals surface area (Å²) in [6.45, 7) is 0. The standard InChI is InChI=1S/C10H10N4O6S/c1-13(2)21(19,20)8-4-6-5(3-7(8)14(17)18)11-9(15)10(16)12-6/h3-4H,1-2H3,(H,11,15)(H,12,16). The Morgan fingerprint density at radius 3 is 2.00 bits per heavy atom. The van der Waals surface area contributed by atoms with E-state index >= 15 is 0 Å². The summed E-state index contributed by atoms with van der Waals surface area (Å²) in [6, 6.07) is 1.84. The molecule has 0 amide bonds. The minimum absolute atomic E-state index is 0.0226. The van der Waals surface area contributed by atoms with Crippen molar-refractivity contribution in [3.8, 4) is 0 Å². The Morgan fingerprint density at radius 2 is 1.57 bits per heavy atom. The number of benzene rings is 1. The van der Waals surface area contributed by atoms with Gasteiger partial charge >= 0.3 is 11.1 Å². The molecule has 0 radical (unpaired) electrons. The van der Waals surface area contributed by atoms with Crippen LogP contribution in [0.5, 0.6) is 0 Å². The molecule has 0 aliphatic rings. The lowest BCUT2D eigenvalue weighted by Gasteiger charge is -2.12. The van der Waals surface area contributed by atoms with Gasteiger partial charge in [0.2, 0.25) is 10.0 Å². The van der Waals surface area contributed by atoms with Gasteiger partial charge in [0.25, 0.3) is 5.69 Å². The van der Waals surface area contributed by atoms with E-state index in [1.807, 2.05) is 0 Å². The highest BCUT2D eigenvalue weighted by Gasteiger charge is 2.28. The predicted octanol–water partition coefficient (Wildman–Crippen LogP) is -0.625. The second-order valence-corrected chi connectivity index (χ2v) is 6.44. The van der Waals surface area contributed by atoms with Crippen LogP contribution < -0.4 is 11.1 Å². The van der Waals surface area contributed by atoms with Crippen molar-refractivity contribution in [3.05, 3.63) is 43.0 Å². The Bertz CT molecular complexity index is 956. The summed E-state index contributed by atoms with van der Waals surface area (Å²) in [5.74, 6) is 0. The van der Waals surface area contributed by atoms with Crippen molar-refractivity contribution in [3.63, 3.8) is 0 Å². The van der Waals surface area contributed by atoms with Crippen LogP contribution in [0.4, 0.5) is 5.69 Å². The van der Waals surface area contributed by atoms with Crippen molar-refractivity contribution in [2.24, 2.45) is 0 Å². The molecule has 0 spiro atoms. The zero-order valence-corrected chi connectivity index (χ0v) is 11.7. The lowest BCUT2D eigenvalue weighted by atomic mass is 10.2. The molecule has 0 atom stereocenters. The van der Waals surface area contributed by atoms with Crippen LogP contribution in [0.25, 0.3) is 11.0 Å². The molecule has 1 heterocycles. The lowest BCUT2D eigenvalue weighted by molar-refractivity contribution is -0.387. The van der Waals surface area contributed by atoms with Gasteiger partial charge in [-0.25, -0.2) is 12.7 Å². The lowest BCUT2D eigenvalue weighted by Crippen LogP contribution is -2.29. The third-order valence-corrected chi connectivity index (χ3v) is 4.60. The Labute approximate surface area is 117 Å². The highest BCUT2D eigenvalue weighted by atomic mass is 32.2. The third kappa shape index (κ3) is 2.43. The molecule has 0 fully saturated rings. The fourth-order valence-electron chi connectivity index (χ4n) is 1.68. The van der Waals surface area contributed by atoms with Crippen molar-refractivity contribution in [2.75, 3.05) is 14.1 Å². The molecule has 0 saturated heterocycles. The number of aromatic nitrogens is 2. The number of nitrogens with zero attached hydrogens (tertiary/aromatic N) is 2. The molecule has 1 aromatic carbocycles. The second-order valence-electron chi connectivity index (χ2n) is 4.32. The molecule has 0 unspecified atom stereocenters. The topological polar surface area (TPSA) is 146 Å². The number of nitro groups is 1. The molecule has 0 saturated carbocycles. The smallest absolute Gasteiger partial charge is 0.314 e. The quantitative estimate of drug-likeness (QED) is 0.438. The minimum atomic E-state index is -4.09. The normalized spacial score (nSPS) is 12.0. The zero-order valence-electron chi connectivity index (χ0n) is 10.9. The van der Waals surface area contributed by atoms with Gasteiger partial charge in [-0.2, -0.15) is 0 Å². The van der Waals surface area contributed by atoms with Crippen LogP contribution in [-0.2, 0) is 10.0 Å². The van der Waals surface area contributed by atoms with Crippen LogP contribution in [0, 0.1) is 10.1 Å². The van der Waals surface area contributed by atoms with Gasteiger partial charge in [-0.15, -0.1) is 0 Å². The summed E-state index contributed by atoms with van der Waals surface area (Å²) in [4.78, 5) is 36.4. The number of hydrogen-bond donors (Lipinski definition) is 2. The first-order valence-electron chi connectivity index (χ1n) is 5.52. The summed E-state index contributed by atoms with van der Waals surface area (Å²) in [6.07, 6.45) is 0. The first kappa shape index (κ1) is 14.9. The Kier molecular flexibility index (Phi) is 3.39. The maximum Gasteiger partial charge on any atom is 0.314 e. The highest BCUT2D eigenvalue weighted by molar-refractivity contribution is 7.89. The van der Waals surface area contributed by atoms with Crippen molar-refractivity contribution in [2.45, 2.75) is 4.90 Å². The molecule has 1 aromatic heterocycles. The molecule has 112 valence electrons. The van der Waals surface area contributed by atoms with Crippen molar-refractivity contribution in [1.82, 2.24) is 14.3 Å². The first-order valence-corrected chi connectivity index (χ1v) is 6.96. The number of sulfonamides is 1. The number of rotatable bonds is 3. The van der Waals surface area contributed by atoms with Crippen molar-refractivity contribution >= 4 is 26.7 Å². The molecule has 21 heavy (non-hydrogen) atoms. The molecule has 11 heteroatoms. The van der Waals surface area contributed by atoms with Gasteiger partial charge in [0.1, 0.15) is 0 Å². The number of nitro benzene ring substituents is 1. The van der Waals surface area contributed by atoms with Gasteiger partial charge in [0, 0.05) is 20.2 Å². The van der Waals surface area contributed by atoms with Crippen LogP contribution >= 0.6 is 0 Å². The van der Waals surface area contributed by atoms with E-state index in [9.17, 15) is 28.1 Å². The summed E-state index contributed by atoms with van der Waals surface area (Å²) >= 11 is 0. The fourth-order valence-corrected chi connectivity index (χ4v) is 2.74. The van der Waals surface area contributed by atoms with Gasteiger partial charge in [-0.3, -0.25) is 19.7 Å². The molecular weight excluding hydrogens is 304 g/mol. The Balaban J connectivity index is 2.97. The van der Waals surface area contributed by atoms with E-state index in [0.717, 1.165) is 16.4 Å². The molecule has 2 rings (SSSR count). The van der Waals surface area contributed by atoms with E-state index in [0.29, 0.717) is 0 Å². The molecule has 0 bridgehead atoms. The SMILES string of the molecule is CN(C)S(=O)(=O)c1cc2[nH]c(=O)c(=O)[nH]c2cc1[N+](=O)[O-]. The number of H-pyrrole nitrogens is 2. The van der Waals surface area contributed by atoms with Crippen LogP contribution in [-0.4, -0.2) is 41.7 Å². The van der Waals surface area contributed by atoms with Gasteiger partial charge in [0.15, 0.2) is 4.90 Å². The fraction of sp³-hybridized carbons (Fsp3) is 0.200. The maximum atomic E-state index is 12.1. The van der Waals surface area contributed by atoms with E-state index < -0.39 is 36.6 Å². The van der Waals surface area contributed by atoms with E-state index in [1.54, 1.807) is 0 Å². The average molecular weight is 314 g/mol. The van der Waals surface area contributed by atoms with E-state index in [2.05, 4.69) is 9.97 Å². The molecule has 2 N–H and O–H groups in total. The molecule has 0 aliphatic carbocycles. The van der Waals surface area contributed by atoms with E-state index in [-0.39, 0.29) is 11.0 Å². The second kappa shape index (κ2) is 4.79. The van der Waals surface area contributed by atoms with Crippen LogP contribution in [0.3, 0.4) is 0 Å². The molecule has 2 aromatic rings. The first-order chi connectivity index (χ1) is 9.64. The summed E-state index contributed by atoms with van der Waals surface area (Å²) in [5, 5.41) is 11.0. The van der Waals surface area contributed by atoms with E-state index in [1.165, 1.54) is 14.1 Å². The van der Waals surface area contributed by atoms with Gasteiger partial charge in [0.05, 0.1) is 16.0 Å². The summed E-state index contributed by atoms with van der Waals surface area (Å²) in [7, 11) is -1.65. The zero-order chi connectivity index (χ0) is 15.9. The number of hydrogen-bond acceptors (Lipinski definition) is 6. The molecular formula is C10H10N4O6S. The number of nitrogens with one attached hydrogen (secondary N) is 2. The van der Waals surface area contributed by atoms with Crippen molar-refractivity contribution in [1.29, 1.82) is 0 Å². The van der Waals surface area contributed by atoms with Crippen LogP contribution in [0.2, 0.25) is 0 Å². The van der Waals surface area contributed by atoms with E-state index in [4.69, 9.17) is 0 Å². The Hall–Kier alpha value is -2.53. The van der Waals surface area contributed by atoms with Crippen LogP contribution in [0.1, 0.15) is 0 Å². The number of aromatic amines is 2. The monoisotopic (exact) mass is 314 g/mol. The summed E-state index contributed by atoms with van der Waals surface area (Å²) < 4.78 is 25.0. The van der Waals surface area contributed by atoms with Crippen molar-refractivity contribution < 1.29 is 13.3 Å². The maximum absolute atomic E-state index is 12.1. The molecule has 10 nitrogen and oxygen atoms in total. The minimum Gasteiger partial charge on any atom is -0.316 e. The number of fused-ring (bicyclic) bond motifs is 1.